The van der Waals surface area contributed by atoms with Gasteiger partial charge in [-0.2, -0.15) is 5.10 Å². The molecule has 0 unspecified atom stereocenters. The summed E-state index contributed by atoms with van der Waals surface area (Å²) in [5.41, 5.74) is 2.31. The number of carboxylic acids is 1. The third-order valence-corrected chi connectivity index (χ3v) is 2.86. The molecular formula is C14H13ClN2O2. The zero-order valence-electron chi connectivity index (χ0n) is 10.6. The molecule has 4 nitrogen and oxygen atoms in total. The third kappa shape index (κ3) is 2.69. The summed E-state index contributed by atoms with van der Waals surface area (Å²) in [5, 5.41) is 13.8. The van der Waals surface area contributed by atoms with Crippen LogP contribution >= 0.6 is 11.6 Å². The Morgan fingerprint density at radius 3 is 2.63 bits per heavy atom. The Morgan fingerprint density at radius 2 is 2.05 bits per heavy atom. The van der Waals surface area contributed by atoms with Gasteiger partial charge in [-0.05, 0) is 32.1 Å². The Morgan fingerprint density at radius 1 is 1.37 bits per heavy atom. The number of aromatic nitrogens is 2. The fourth-order valence-corrected chi connectivity index (χ4v) is 1.97. The fraction of sp³-hybridized carbons (Fsp3) is 0.143. The molecule has 1 N–H and O–H groups in total. The molecule has 0 aliphatic rings. The summed E-state index contributed by atoms with van der Waals surface area (Å²) in [7, 11) is 0. The van der Waals surface area contributed by atoms with Crippen LogP contribution in [0.1, 0.15) is 29.9 Å². The molecule has 2 aromatic rings. The summed E-state index contributed by atoms with van der Waals surface area (Å²) in [6.07, 6.45) is 3.11. The van der Waals surface area contributed by atoms with Crippen LogP contribution in [0.5, 0.6) is 0 Å². The maximum Gasteiger partial charge on any atom is 0.339 e. The number of rotatable bonds is 3. The second-order valence-electron chi connectivity index (χ2n) is 4.33. The van der Waals surface area contributed by atoms with Crippen LogP contribution < -0.4 is 0 Å². The van der Waals surface area contributed by atoms with E-state index >= 15 is 0 Å². The number of hydrogen-bond donors (Lipinski definition) is 1. The Labute approximate surface area is 115 Å². The van der Waals surface area contributed by atoms with E-state index in [0.717, 1.165) is 5.57 Å². The standard InChI is InChI=1S/C14H13ClN2O2/c1-9(2)7-13-10(14(18)19)8-16-17(13)12-6-4-3-5-11(12)15/h3-8H,1-2H3,(H,18,19). The number of carboxylic acid groups (broad SMARTS) is 1. The van der Waals surface area contributed by atoms with Gasteiger partial charge in [0, 0.05) is 0 Å². The number of benzene rings is 1. The highest BCUT2D eigenvalue weighted by molar-refractivity contribution is 6.32. The molecule has 2 rings (SSSR count). The van der Waals surface area contributed by atoms with E-state index in [-0.39, 0.29) is 5.56 Å². The molecule has 1 aromatic heterocycles. The van der Waals surface area contributed by atoms with Crippen LogP contribution in [0.4, 0.5) is 0 Å². The van der Waals surface area contributed by atoms with E-state index in [0.29, 0.717) is 16.4 Å². The van der Waals surface area contributed by atoms with Gasteiger partial charge in [-0.25, -0.2) is 9.48 Å². The van der Waals surface area contributed by atoms with E-state index in [1.54, 1.807) is 22.9 Å². The highest BCUT2D eigenvalue weighted by Gasteiger charge is 2.17. The SMILES string of the molecule is CC(C)=Cc1c(C(=O)O)cnn1-c1ccccc1Cl. The molecule has 1 heterocycles. The molecule has 0 amide bonds. The molecule has 19 heavy (non-hydrogen) atoms. The number of hydrogen-bond acceptors (Lipinski definition) is 2. The van der Waals surface area contributed by atoms with Crippen molar-refractivity contribution in [1.29, 1.82) is 0 Å². The van der Waals surface area contributed by atoms with Gasteiger partial charge in [-0.3, -0.25) is 0 Å². The molecule has 5 heteroatoms. The lowest BCUT2D eigenvalue weighted by atomic mass is 10.2. The Balaban J connectivity index is 2.68. The van der Waals surface area contributed by atoms with Crippen LogP contribution in [0.15, 0.2) is 36.0 Å². The fourth-order valence-electron chi connectivity index (χ4n) is 1.75. The van der Waals surface area contributed by atoms with Crippen LogP contribution in [-0.4, -0.2) is 20.9 Å². The minimum atomic E-state index is -1.01. The lowest BCUT2D eigenvalue weighted by Gasteiger charge is -2.07. The second-order valence-corrected chi connectivity index (χ2v) is 4.74. The molecular weight excluding hydrogens is 264 g/mol. The van der Waals surface area contributed by atoms with Gasteiger partial charge < -0.3 is 5.11 Å². The van der Waals surface area contributed by atoms with Gasteiger partial charge in [0.1, 0.15) is 5.56 Å². The lowest BCUT2D eigenvalue weighted by molar-refractivity contribution is 0.0696. The number of carbonyl (C=O) groups is 1. The first-order valence-corrected chi connectivity index (χ1v) is 6.09. The minimum absolute atomic E-state index is 0.154. The molecule has 1 aromatic carbocycles. The minimum Gasteiger partial charge on any atom is -0.478 e. The number of aromatic carboxylic acids is 1. The Hall–Kier alpha value is -2.07. The summed E-state index contributed by atoms with van der Waals surface area (Å²) >= 11 is 6.13. The van der Waals surface area contributed by atoms with E-state index in [1.807, 2.05) is 26.0 Å². The van der Waals surface area contributed by atoms with Crippen molar-refractivity contribution >= 4 is 23.6 Å². The van der Waals surface area contributed by atoms with Crippen molar-refractivity contribution in [2.45, 2.75) is 13.8 Å². The molecule has 0 saturated heterocycles. The Kier molecular flexibility index (Phi) is 3.71. The van der Waals surface area contributed by atoms with Gasteiger partial charge in [-0.1, -0.05) is 29.3 Å². The monoisotopic (exact) mass is 276 g/mol. The zero-order valence-corrected chi connectivity index (χ0v) is 11.3. The first-order chi connectivity index (χ1) is 9.00. The maximum atomic E-state index is 11.2. The van der Waals surface area contributed by atoms with Crippen molar-refractivity contribution < 1.29 is 9.90 Å². The van der Waals surface area contributed by atoms with Gasteiger partial charge in [0.05, 0.1) is 22.6 Å². The predicted molar refractivity (Wildman–Crippen MR) is 74.9 cm³/mol. The van der Waals surface area contributed by atoms with E-state index in [2.05, 4.69) is 5.10 Å². The first kappa shape index (κ1) is 13.4. The number of nitrogens with zero attached hydrogens (tertiary/aromatic N) is 2. The lowest BCUT2D eigenvalue weighted by Crippen LogP contribution is -2.03. The largest absolute Gasteiger partial charge is 0.478 e. The van der Waals surface area contributed by atoms with Crippen LogP contribution in [0, 0.1) is 0 Å². The molecule has 98 valence electrons. The van der Waals surface area contributed by atoms with E-state index in [4.69, 9.17) is 11.6 Å². The maximum absolute atomic E-state index is 11.2. The summed E-state index contributed by atoms with van der Waals surface area (Å²) in [6, 6.07) is 7.18. The predicted octanol–water partition coefficient (Wildman–Crippen LogP) is 3.65. The third-order valence-electron chi connectivity index (χ3n) is 2.54. The molecule has 0 atom stereocenters. The topological polar surface area (TPSA) is 55.1 Å². The molecule has 0 saturated carbocycles. The van der Waals surface area contributed by atoms with Crippen molar-refractivity contribution in [3.05, 3.63) is 52.3 Å². The first-order valence-electron chi connectivity index (χ1n) is 5.72. The van der Waals surface area contributed by atoms with Crippen molar-refractivity contribution in [2.24, 2.45) is 0 Å². The van der Waals surface area contributed by atoms with Crippen LogP contribution in [0.25, 0.3) is 11.8 Å². The van der Waals surface area contributed by atoms with Gasteiger partial charge in [0.2, 0.25) is 0 Å². The van der Waals surface area contributed by atoms with Crippen molar-refractivity contribution in [3.8, 4) is 5.69 Å². The van der Waals surface area contributed by atoms with Crippen LogP contribution in [0.2, 0.25) is 5.02 Å². The summed E-state index contributed by atoms with van der Waals surface area (Å²) in [5.74, 6) is -1.01. The number of para-hydroxylation sites is 1. The van der Waals surface area contributed by atoms with Gasteiger partial charge in [0.15, 0.2) is 0 Å². The quantitative estimate of drug-likeness (QED) is 0.931. The van der Waals surface area contributed by atoms with Gasteiger partial charge in [-0.15, -0.1) is 0 Å². The number of halogens is 1. The van der Waals surface area contributed by atoms with E-state index < -0.39 is 5.97 Å². The van der Waals surface area contributed by atoms with Gasteiger partial charge >= 0.3 is 5.97 Å². The highest BCUT2D eigenvalue weighted by Crippen LogP contribution is 2.24. The summed E-state index contributed by atoms with van der Waals surface area (Å²) in [6.45, 7) is 3.80. The van der Waals surface area contributed by atoms with Crippen LogP contribution in [-0.2, 0) is 0 Å². The molecule has 0 radical (unpaired) electrons. The second kappa shape index (κ2) is 5.28. The molecule has 0 bridgehead atoms. The average molecular weight is 277 g/mol. The van der Waals surface area contributed by atoms with Crippen molar-refractivity contribution in [2.75, 3.05) is 0 Å². The van der Waals surface area contributed by atoms with Crippen molar-refractivity contribution in [1.82, 2.24) is 9.78 Å². The zero-order chi connectivity index (χ0) is 14.0. The Bertz CT molecular complexity index is 655. The smallest absolute Gasteiger partial charge is 0.339 e. The normalized spacial score (nSPS) is 10.3. The molecule has 0 aliphatic carbocycles. The number of allylic oxidation sites excluding steroid dienone is 1. The van der Waals surface area contributed by atoms with E-state index in [9.17, 15) is 9.90 Å². The van der Waals surface area contributed by atoms with E-state index in [1.165, 1.54) is 6.20 Å². The molecule has 0 spiro atoms. The summed E-state index contributed by atoms with van der Waals surface area (Å²) < 4.78 is 1.54. The molecule has 0 aliphatic heterocycles. The van der Waals surface area contributed by atoms with Crippen LogP contribution in [0.3, 0.4) is 0 Å². The average Bonchev–Trinajstić information content (AvgIpc) is 2.72. The highest BCUT2D eigenvalue weighted by atomic mass is 35.5. The van der Waals surface area contributed by atoms with Gasteiger partial charge in [0.25, 0.3) is 0 Å². The summed E-state index contributed by atoms with van der Waals surface area (Å²) in [4.78, 5) is 11.2. The van der Waals surface area contributed by atoms with Crippen molar-refractivity contribution in [3.63, 3.8) is 0 Å². The molecule has 0 fully saturated rings.